The van der Waals surface area contributed by atoms with Crippen LogP contribution < -0.4 is 0 Å². The van der Waals surface area contributed by atoms with E-state index in [0.29, 0.717) is 12.1 Å². The SMILES string of the molecule is CCc1cc(C)cc(C(F)(C(F)(F)F)C(F)(F)C(F)(F)F)c1. The van der Waals surface area contributed by atoms with Crippen LogP contribution >= 0.6 is 0 Å². The van der Waals surface area contributed by atoms with Crippen molar-refractivity contribution in [3.63, 3.8) is 0 Å². The highest BCUT2D eigenvalue weighted by Crippen LogP contribution is 2.58. The summed E-state index contributed by atoms with van der Waals surface area (Å²) < 4.78 is 116. The van der Waals surface area contributed by atoms with Gasteiger partial charge in [-0.05, 0) is 18.9 Å². The Morgan fingerprint density at radius 1 is 0.773 bits per heavy atom. The predicted molar refractivity (Wildman–Crippen MR) is 60.4 cm³/mol. The molecule has 1 atom stereocenters. The molecule has 22 heavy (non-hydrogen) atoms. The van der Waals surface area contributed by atoms with Crippen LogP contribution in [0.2, 0.25) is 0 Å². The Bertz CT molecular complexity index is 541. The molecule has 0 aliphatic heterocycles. The molecule has 0 spiro atoms. The van der Waals surface area contributed by atoms with Crippen LogP contribution in [-0.4, -0.2) is 18.3 Å². The Kier molecular flexibility index (Phi) is 4.53. The first kappa shape index (κ1) is 18.6. The van der Waals surface area contributed by atoms with E-state index >= 15 is 0 Å². The van der Waals surface area contributed by atoms with Gasteiger partial charge in [-0.3, -0.25) is 0 Å². The van der Waals surface area contributed by atoms with E-state index in [0.717, 1.165) is 0 Å². The molecule has 0 fully saturated rings. The summed E-state index contributed by atoms with van der Waals surface area (Å²) in [6.45, 7) is 2.61. The summed E-state index contributed by atoms with van der Waals surface area (Å²) in [4.78, 5) is 0. The minimum Gasteiger partial charge on any atom is -0.221 e. The highest BCUT2D eigenvalue weighted by molar-refractivity contribution is 5.36. The Morgan fingerprint density at radius 3 is 1.64 bits per heavy atom. The largest absolute Gasteiger partial charge is 0.457 e. The van der Waals surface area contributed by atoms with Crippen LogP contribution in [0.3, 0.4) is 0 Å². The molecular weight excluding hydrogens is 327 g/mol. The second-order valence-corrected chi connectivity index (χ2v) is 4.79. The van der Waals surface area contributed by atoms with Gasteiger partial charge in [-0.25, -0.2) is 4.39 Å². The summed E-state index contributed by atoms with van der Waals surface area (Å²) in [5, 5.41) is 0. The number of hydrogen-bond donors (Lipinski definition) is 0. The van der Waals surface area contributed by atoms with E-state index in [1.165, 1.54) is 19.9 Å². The number of benzene rings is 1. The molecular formula is C13H11F9. The van der Waals surface area contributed by atoms with Crippen molar-refractivity contribution >= 4 is 0 Å². The number of hydrogen-bond acceptors (Lipinski definition) is 0. The highest BCUT2D eigenvalue weighted by Gasteiger charge is 2.81. The highest BCUT2D eigenvalue weighted by atomic mass is 19.4. The van der Waals surface area contributed by atoms with E-state index < -0.39 is 29.5 Å². The lowest BCUT2D eigenvalue weighted by molar-refractivity contribution is -0.389. The number of alkyl halides is 9. The molecule has 0 aliphatic rings. The van der Waals surface area contributed by atoms with E-state index in [2.05, 4.69) is 0 Å². The van der Waals surface area contributed by atoms with Gasteiger partial charge in [0.05, 0.1) is 0 Å². The van der Waals surface area contributed by atoms with Crippen LogP contribution in [0.15, 0.2) is 18.2 Å². The van der Waals surface area contributed by atoms with Crippen molar-refractivity contribution in [3.05, 3.63) is 34.9 Å². The van der Waals surface area contributed by atoms with Gasteiger partial charge < -0.3 is 0 Å². The van der Waals surface area contributed by atoms with Crippen molar-refractivity contribution in [1.29, 1.82) is 0 Å². The van der Waals surface area contributed by atoms with Crippen molar-refractivity contribution < 1.29 is 39.5 Å². The van der Waals surface area contributed by atoms with Gasteiger partial charge in [0.1, 0.15) is 0 Å². The van der Waals surface area contributed by atoms with Gasteiger partial charge in [-0.2, -0.15) is 35.1 Å². The minimum absolute atomic E-state index is 0.0132. The molecule has 0 saturated heterocycles. The normalized spacial score (nSPS) is 16.5. The summed E-state index contributed by atoms with van der Waals surface area (Å²) in [6, 6.07) is 1.98. The van der Waals surface area contributed by atoms with E-state index in [9.17, 15) is 39.5 Å². The van der Waals surface area contributed by atoms with Crippen LogP contribution in [-0.2, 0) is 12.1 Å². The third kappa shape index (κ3) is 2.77. The fourth-order valence-corrected chi connectivity index (χ4v) is 1.98. The zero-order valence-electron chi connectivity index (χ0n) is 11.3. The monoisotopic (exact) mass is 338 g/mol. The molecule has 0 nitrogen and oxygen atoms in total. The molecule has 0 heterocycles. The van der Waals surface area contributed by atoms with Crippen LogP contribution in [0.4, 0.5) is 39.5 Å². The maximum atomic E-state index is 14.2. The molecule has 0 aromatic heterocycles. The zero-order valence-corrected chi connectivity index (χ0v) is 11.3. The van der Waals surface area contributed by atoms with Gasteiger partial charge in [-0.15, -0.1) is 0 Å². The third-order valence-corrected chi connectivity index (χ3v) is 3.12. The zero-order chi connectivity index (χ0) is 17.6. The first-order chi connectivity index (χ1) is 9.68. The molecule has 1 aromatic rings. The van der Waals surface area contributed by atoms with Crippen molar-refractivity contribution in [3.8, 4) is 0 Å². The average Bonchev–Trinajstić information content (AvgIpc) is 2.33. The summed E-state index contributed by atoms with van der Waals surface area (Å²) >= 11 is 0. The smallest absolute Gasteiger partial charge is 0.221 e. The van der Waals surface area contributed by atoms with Gasteiger partial charge in [-0.1, -0.05) is 30.7 Å². The van der Waals surface area contributed by atoms with Crippen LogP contribution in [0.1, 0.15) is 23.6 Å². The predicted octanol–water partition coefficient (Wildman–Crippen LogP) is 5.48. The Hall–Kier alpha value is -1.41. The fourth-order valence-electron chi connectivity index (χ4n) is 1.98. The summed E-state index contributed by atoms with van der Waals surface area (Å²) in [5.41, 5.74) is -7.68. The maximum absolute atomic E-state index is 14.2. The van der Waals surface area contributed by atoms with Crippen molar-refractivity contribution in [2.75, 3.05) is 0 Å². The number of halogens is 9. The fraction of sp³-hybridized carbons (Fsp3) is 0.538. The first-order valence-corrected chi connectivity index (χ1v) is 5.99. The molecule has 1 aromatic carbocycles. The van der Waals surface area contributed by atoms with Gasteiger partial charge in [0.25, 0.3) is 0 Å². The average molecular weight is 338 g/mol. The molecule has 9 heteroatoms. The van der Waals surface area contributed by atoms with Gasteiger partial charge in [0.2, 0.25) is 0 Å². The lowest BCUT2D eigenvalue weighted by Crippen LogP contribution is -2.59. The Labute approximate surface area is 119 Å². The molecule has 0 N–H and O–H groups in total. The molecule has 1 rings (SSSR count). The van der Waals surface area contributed by atoms with E-state index in [4.69, 9.17) is 0 Å². The summed E-state index contributed by atoms with van der Waals surface area (Å²) in [7, 11) is 0. The quantitative estimate of drug-likeness (QED) is 0.640. The number of rotatable bonds is 3. The molecule has 1 unspecified atom stereocenters. The molecule has 0 aliphatic carbocycles. The Balaban J connectivity index is 3.73. The third-order valence-electron chi connectivity index (χ3n) is 3.12. The molecule has 0 radical (unpaired) electrons. The summed E-state index contributed by atoms with van der Waals surface area (Å²) in [5.74, 6) is -6.63. The van der Waals surface area contributed by atoms with Crippen molar-refractivity contribution in [2.45, 2.75) is 44.2 Å². The molecule has 126 valence electrons. The maximum Gasteiger partial charge on any atom is 0.457 e. The standard InChI is InChI=1S/C13H11F9/c1-3-8-4-7(2)5-9(6-8)10(14,12(17,18)19)11(15,16)13(20,21)22/h4-6H,3H2,1-2H3. The number of aryl methyl sites for hydroxylation is 2. The Morgan fingerprint density at radius 2 is 1.27 bits per heavy atom. The van der Waals surface area contributed by atoms with Gasteiger partial charge >= 0.3 is 23.9 Å². The second kappa shape index (κ2) is 5.34. The molecule has 0 saturated carbocycles. The lowest BCUT2D eigenvalue weighted by atomic mass is 9.85. The van der Waals surface area contributed by atoms with Crippen molar-refractivity contribution in [2.24, 2.45) is 0 Å². The lowest BCUT2D eigenvalue weighted by Gasteiger charge is -2.36. The molecule has 0 bridgehead atoms. The topological polar surface area (TPSA) is 0 Å². The van der Waals surface area contributed by atoms with E-state index in [1.807, 2.05) is 0 Å². The summed E-state index contributed by atoms with van der Waals surface area (Å²) in [6.07, 6.45) is -13.1. The van der Waals surface area contributed by atoms with Crippen molar-refractivity contribution in [1.82, 2.24) is 0 Å². The van der Waals surface area contributed by atoms with Crippen LogP contribution in [0.25, 0.3) is 0 Å². The van der Waals surface area contributed by atoms with Crippen LogP contribution in [0.5, 0.6) is 0 Å². The minimum atomic E-state index is -6.70. The van der Waals surface area contributed by atoms with E-state index in [-0.39, 0.29) is 17.5 Å². The first-order valence-electron chi connectivity index (χ1n) is 5.99. The van der Waals surface area contributed by atoms with Gasteiger partial charge in [0, 0.05) is 5.56 Å². The van der Waals surface area contributed by atoms with Crippen LogP contribution in [0, 0.1) is 6.92 Å². The van der Waals surface area contributed by atoms with Gasteiger partial charge in [0.15, 0.2) is 0 Å². The van der Waals surface area contributed by atoms with E-state index in [1.54, 1.807) is 0 Å². The molecule has 0 amide bonds. The second-order valence-electron chi connectivity index (χ2n) is 4.79.